The van der Waals surface area contributed by atoms with Crippen molar-refractivity contribution in [2.75, 3.05) is 7.11 Å². The van der Waals surface area contributed by atoms with Crippen molar-refractivity contribution in [1.82, 2.24) is 0 Å². The minimum Gasteiger partial charge on any atom is -0.502 e. The maximum atomic E-state index is 11.0. The Morgan fingerprint density at radius 1 is 1.56 bits per heavy atom. The van der Waals surface area contributed by atoms with Crippen LogP contribution in [0.3, 0.4) is 0 Å². The smallest absolute Gasteiger partial charge is 0.339 e. The number of aromatic hydroxyl groups is 1. The Morgan fingerprint density at radius 2 is 2.19 bits per heavy atom. The molecule has 0 bridgehead atoms. The molecule has 1 unspecified atom stereocenters. The van der Waals surface area contributed by atoms with Gasteiger partial charge in [-0.05, 0) is 17.7 Å². The van der Waals surface area contributed by atoms with Crippen molar-refractivity contribution in [2.45, 2.75) is 6.10 Å². The van der Waals surface area contributed by atoms with Crippen LogP contribution in [-0.2, 0) is 9.53 Å². The van der Waals surface area contributed by atoms with Gasteiger partial charge in [0.15, 0.2) is 11.9 Å². The average Bonchev–Trinajstić information content (AvgIpc) is 2.26. The highest BCUT2D eigenvalue weighted by molar-refractivity contribution is 5.76. The van der Waals surface area contributed by atoms with Crippen molar-refractivity contribution in [1.29, 1.82) is 0 Å². The monoisotopic (exact) mass is 227 g/mol. The summed E-state index contributed by atoms with van der Waals surface area (Å²) in [4.78, 5) is 20.6. The summed E-state index contributed by atoms with van der Waals surface area (Å²) in [6.07, 6.45) is -1.57. The first-order chi connectivity index (χ1) is 7.47. The fourth-order valence-corrected chi connectivity index (χ4v) is 1.11. The van der Waals surface area contributed by atoms with Gasteiger partial charge in [-0.1, -0.05) is 0 Å². The van der Waals surface area contributed by atoms with Crippen molar-refractivity contribution in [2.24, 2.45) is 0 Å². The maximum Gasteiger partial charge on any atom is 0.339 e. The van der Waals surface area contributed by atoms with Gasteiger partial charge in [-0.15, -0.1) is 0 Å². The van der Waals surface area contributed by atoms with Gasteiger partial charge in [-0.25, -0.2) is 4.79 Å². The summed E-state index contributed by atoms with van der Waals surface area (Å²) < 4.78 is 4.28. The Labute approximate surface area is 90.0 Å². The SMILES string of the molecule is COC(=O)C(O)c1ccc([N+](=O)[O-])c(O)c1. The van der Waals surface area contributed by atoms with E-state index in [-0.39, 0.29) is 5.56 Å². The van der Waals surface area contributed by atoms with Crippen LogP contribution >= 0.6 is 0 Å². The quantitative estimate of drug-likeness (QED) is 0.442. The van der Waals surface area contributed by atoms with Gasteiger partial charge >= 0.3 is 11.7 Å². The van der Waals surface area contributed by atoms with E-state index in [0.717, 1.165) is 19.2 Å². The van der Waals surface area contributed by atoms with E-state index in [9.17, 15) is 25.1 Å². The predicted octanol–water partition coefficient (Wildman–Crippen LogP) is 0.507. The number of benzene rings is 1. The number of hydrogen-bond acceptors (Lipinski definition) is 6. The standard InChI is InChI=1S/C9H9NO6/c1-16-9(13)8(12)5-2-3-6(10(14)15)7(11)4-5/h2-4,8,11-12H,1H3. The number of phenols is 1. The molecule has 2 N–H and O–H groups in total. The average molecular weight is 227 g/mol. The van der Waals surface area contributed by atoms with Crippen LogP contribution in [-0.4, -0.2) is 28.2 Å². The molecule has 0 amide bonds. The Morgan fingerprint density at radius 3 is 2.62 bits per heavy atom. The first-order valence-corrected chi connectivity index (χ1v) is 4.20. The number of rotatable bonds is 3. The van der Waals surface area contributed by atoms with E-state index in [0.29, 0.717) is 0 Å². The first-order valence-electron chi connectivity index (χ1n) is 4.20. The molecule has 1 atom stereocenters. The fraction of sp³-hybridized carbons (Fsp3) is 0.222. The summed E-state index contributed by atoms with van der Waals surface area (Å²) in [5, 5.41) is 29.0. The third kappa shape index (κ3) is 2.26. The number of aliphatic hydroxyl groups is 1. The van der Waals surface area contributed by atoms with Crippen LogP contribution in [0.15, 0.2) is 18.2 Å². The number of aliphatic hydroxyl groups excluding tert-OH is 1. The zero-order chi connectivity index (χ0) is 12.3. The topological polar surface area (TPSA) is 110 Å². The molecule has 0 heterocycles. The maximum absolute atomic E-state index is 11.0. The van der Waals surface area contributed by atoms with Crippen LogP contribution in [0, 0.1) is 10.1 Å². The number of methoxy groups -OCH3 is 1. The molecule has 0 spiro atoms. The highest BCUT2D eigenvalue weighted by Gasteiger charge is 2.21. The molecule has 0 saturated heterocycles. The van der Waals surface area contributed by atoms with Gasteiger partial charge in [-0.3, -0.25) is 10.1 Å². The summed E-state index contributed by atoms with van der Waals surface area (Å²) in [6.45, 7) is 0. The largest absolute Gasteiger partial charge is 0.502 e. The van der Waals surface area contributed by atoms with Crippen LogP contribution in [0.1, 0.15) is 11.7 Å². The number of carbonyl (C=O) groups excluding carboxylic acids is 1. The Hall–Kier alpha value is -2.15. The molecule has 1 aromatic carbocycles. The van der Waals surface area contributed by atoms with Gasteiger partial charge in [0.05, 0.1) is 12.0 Å². The number of hydrogen-bond donors (Lipinski definition) is 2. The zero-order valence-electron chi connectivity index (χ0n) is 8.28. The zero-order valence-corrected chi connectivity index (χ0v) is 8.28. The summed E-state index contributed by atoms with van der Waals surface area (Å²) in [5.41, 5.74) is -0.476. The molecule has 7 nitrogen and oxygen atoms in total. The summed E-state index contributed by atoms with van der Waals surface area (Å²) in [6, 6.07) is 3.11. The van der Waals surface area contributed by atoms with E-state index in [1.165, 1.54) is 6.07 Å². The third-order valence-corrected chi connectivity index (χ3v) is 1.94. The lowest BCUT2D eigenvalue weighted by molar-refractivity contribution is -0.385. The molecule has 1 rings (SSSR count). The first kappa shape index (κ1) is 11.9. The Balaban J connectivity index is 3.06. The van der Waals surface area contributed by atoms with Gasteiger partial charge < -0.3 is 14.9 Å². The van der Waals surface area contributed by atoms with Crippen LogP contribution in [0.5, 0.6) is 5.75 Å². The van der Waals surface area contributed by atoms with Crippen molar-refractivity contribution >= 4 is 11.7 Å². The molecular formula is C9H9NO6. The van der Waals surface area contributed by atoms with E-state index in [1.807, 2.05) is 0 Å². The van der Waals surface area contributed by atoms with Gasteiger partial charge in [-0.2, -0.15) is 0 Å². The Bertz CT molecular complexity index is 430. The van der Waals surface area contributed by atoms with E-state index < -0.39 is 28.4 Å². The number of ether oxygens (including phenoxy) is 1. The van der Waals surface area contributed by atoms with E-state index in [1.54, 1.807) is 0 Å². The lowest BCUT2D eigenvalue weighted by atomic mass is 10.1. The van der Waals surface area contributed by atoms with Gasteiger partial charge in [0.25, 0.3) is 0 Å². The molecule has 0 saturated carbocycles. The molecule has 0 aliphatic rings. The number of nitrogens with zero attached hydrogens (tertiary/aromatic N) is 1. The van der Waals surface area contributed by atoms with Crippen LogP contribution in [0.25, 0.3) is 0 Å². The minimum atomic E-state index is -1.57. The van der Waals surface area contributed by atoms with Crippen molar-refractivity contribution < 1.29 is 24.7 Å². The molecule has 16 heavy (non-hydrogen) atoms. The van der Waals surface area contributed by atoms with Crippen LogP contribution < -0.4 is 0 Å². The second-order valence-corrected chi connectivity index (χ2v) is 2.93. The second kappa shape index (κ2) is 4.58. The normalized spacial score (nSPS) is 11.9. The van der Waals surface area contributed by atoms with Crippen LogP contribution in [0.2, 0.25) is 0 Å². The molecule has 0 aromatic heterocycles. The van der Waals surface area contributed by atoms with Crippen molar-refractivity contribution in [3.05, 3.63) is 33.9 Å². The fourth-order valence-electron chi connectivity index (χ4n) is 1.11. The molecule has 0 radical (unpaired) electrons. The van der Waals surface area contributed by atoms with E-state index in [2.05, 4.69) is 4.74 Å². The summed E-state index contributed by atoms with van der Waals surface area (Å²) in [7, 11) is 1.09. The number of carbonyl (C=O) groups is 1. The highest BCUT2D eigenvalue weighted by Crippen LogP contribution is 2.28. The van der Waals surface area contributed by atoms with E-state index >= 15 is 0 Å². The highest BCUT2D eigenvalue weighted by atomic mass is 16.6. The summed E-state index contributed by atoms with van der Waals surface area (Å²) in [5.74, 6) is -1.53. The molecule has 1 aromatic rings. The van der Waals surface area contributed by atoms with Crippen LogP contribution in [0.4, 0.5) is 5.69 Å². The third-order valence-electron chi connectivity index (χ3n) is 1.94. The second-order valence-electron chi connectivity index (χ2n) is 2.93. The van der Waals surface area contributed by atoms with Gasteiger partial charge in [0.1, 0.15) is 0 Å². The molecule has 86 valence electrons. The minimum absolute atomic E-state index is 0.0231. The number of nitro groups is 1. The Kier molecular flexibility index (Phi) is 3.41. The molecule has 0 aliphatic heterocycles. The van der Waals surface area contributed by atoms with E-state index in [4.69, 9.17) is 0 Å². The van der Waals surface area contributed by atoms with Crippen molar-refractivity contribution in [3.63, 3.8) is 0 Å². The number of esters is 1. The van der Waals surface area contributed by atoms with Crippen molar-refractivity contribution in [3.8, 4) is 5.75 Å². The number of nitro benzene ring substituents is 1. The van der Waals surface area contributed by atoms with Gasteiger partial charge in [0.2, 0.25) is 0 Å². The molecular weight excluding hydrogens is 218 g/mol. The predicted molar refractivity (Wildman–Crippen MR) is 51.7 cm³/mol. The number of phenolic OH excluding ortho intramolecular Hbond substituents is 1. The lowest BCUT2D eigenvalue weighted by Gasteiger charge is -2.08. The molecule has 0 fully saturated rings. The molecule has 7 heteroatoms. The van der Waals surface area contributed by atoms with Gasteiger partial charge in [0, 0.05) is 6.07 Å². The molecule has 0 aliphatic carbocycles. The summed E-state index contributed by atoms with van der Waals surface area (Å²) >= 11 is 0. The lowest BCUT2D eigenvalue weighted by Crippen LogP contribution is -2.13.